The molecular formula is C24H48N4O4. The summed E-state index contributed by atoms with van der Waals surface area (Å²) in [6.45, 7) is 12.6. The molecule has 8 nitrogen and oxygen atoms in total. The molecule has 2 aliphatic rings. The zero-order chi connectivity index (χ0) is 24.4. The minimum Gasteiger partial charge on any atom is -0.444 e. The zero-order valence-corrected chi connectivity index (χ0v) is 21.2. The first-order valence-electron chi connectivity index (χ1n) is 12.2. The van der Waals surface area contributed by atoms with Crippen LogP contribution in [0.1, 0.15) is 92.9 Å². The Balaban J connectivity index is 0.000000320. The molecule has 0 aromatic heterocycles. The average molecular weight is 457 g/mol. The second-order valence-electron chi connectivity index (χ2n) is 11.3. The molecule has 2 fully saturated rings. The molecule has 0 aromatic rings. The molecule has 2 amide bonds. The first-order chi connectivity index (χ1) is 14.7. The van der Waals surface area contributed by atoms with Gasteiger partial charge in [-0.15, -0.1) is 0 Å². The van der Waals surface area contributed by atoms with Crippen LogP contribution in [0.25, 0.3) is 0 Å². The highest BCUT2D eigenvalue weighted by atomic mass is 16.6. The maximum absolute atomic E-state index is 11.4. The van der Waals surface area contributed by atoms with Crippen LogP contribution in [0.15, 0.2) is 0 Å². The van der Waals surface area contributed by atoms with Crippen molar-refractivity contribution in [3.8, 4) is 0 Å². The Bertz CT molecular complexity index is 505. The van der Waals surface area contributed by atoms with E-state index < -0.39 is 11.2 Å². The Morgan fingerprint density at radius 1 is 0.656 bits per heavy atom. The molecule has 0 atom stereocenters. The fourth-order valence-electron chi connectivity index (χ4n) is 3.87. The SMILES string of the molecule is CC(C)(C)OC(=O)NCC1CCC(N)CC1.CC(C)(C)OC(=O)NCC1CCC(N)CC1. The van der Waals surface area contributed by atoms with E-state index >= 15 is 0 Å². The van der Waals surface area contributed by atoms with Crippen molar-refractivity contribution in [1.29, 1.82) is 0 Å². The molecule has 2 aliphatic carbocycles. The predicted octanol–water partition coefficient (Wildman–Crippen LogP) is 4.06. The van der Waals surface area contributed by atoms with Crippen molar-refractivity contribution in [2.45, 2.75) is 116 Å². The van der Waals surface area contributed by atoms with Crippen molar-refractivity contribution < 1.29 is 19.1 Å². The van der Waals surface area contributed by atoms with Crippen molar-refractivity contribution >= 4 is 12.2 Å². The number of alkyl carbamates (subject to hydrolysis) is 2. The summed E-state index contributed by atoms with van der Waals surface area (Å²) in [6.07, 6.45) is 8.08. The third-order valence-electron chi connectivity index (χ3n) is 5.65. The van der Waals surface area contributed by atoms with Crippen molar-refractivity contribution in [3.63, 3.8) is 0 Å². The summed E-state index contributed by atoms with van der Waals surface area (Å²) in [4.78, 5) is 22.8. The molecule has 6 N–H and O–H groups in total. The molecule has 0 saturated heterocycles. The fraction of sp³-hybridized carbons (Fsp3) is 0.917. The molecule has 188 valence electrons. The van der Waals surface area contributed by atoms with E-state index in [4.69, 9.17) is 20.9 Å². The number of ether oxygens (including phenoxy) is 2. The lowest BCUT2D eigenvalue weighted by Gasteiger charge is -2.26. The Hall–Kier alpha value is -1.54. The lowest BCUT2D eigenvalue weighted by atomic mass is 9.86. The van der Waals surface area contributed by atoms with Gasteiger partial charge in [0, 0.05) is 25.2 Å². The van der Waals surface area contributed by atoms with Crippen LogP contribution in [0.2, 0.25) is 0 Å². The second kappa shape index (κ2) is 13.2. The van der Waals surface area contributed by atoms with E-state index in [0.29, 0.717) is 37.0 Å². The van der Waals surface area contributed by atoms with Gasteiger partial charge in [-0.05, 0) is 105 Å². The van der Waals surface area contributed by atoms with E-state index in [-0.39, 0.29) is 12.2 Å². The number of carbonyl (C=O) groups is 2. The molecular weight excluding hydrogens is 408 g/mol. The Morgan fingerprint density at radius 3 is 1.19 bits per heavy atom. The summed E-state index contributed by atoms with van der Waals surface area (Å²) in [5, 5.41) is 5.64. The molecule has 0 radical (unpaired) electrons. The summed E-state index contributed by atoms with van der Waals surface area (Å²) in [5.74, 6) is 1.12. The average Bonchev–Trinajstić information content (AvgIpc) is 2.65. The minimum absolute atomic E-state index is 0.317. The number of carbonyl (C=O) groups excluding carboxylic acids is 2. The summed E-state index contributed by atoms with van der Waals surface area (Å²) in [7, 11) is 0. The molecule has 0 spiro atoms. The number of hydrogen-bond donors (Lipinski definition) is 4. The highest BCUT2D eigenvalue weighted by molar-refractivity contribution is 5.67. The van der Waals surface area contributed by atoms with E-state index in [1.807, 2.05) is 41.5 Å². The third-order valence-corrected chi connectivity index (χ3v) is 5.65. The van der Waals surface area contributed by atoms with Gasteiger partial charge in [0.1, 0.15) is 11.2 Å². The highest BCUT2D eigenvalue weighted by Gasteiger charge is 2.22. The van der Waals surface area contributed by atoms with Crippen LogP contribution in [0, 0.1) is 11.8 Å². The van der Waals surface area contributed by atoms with Gasteiger partial charge in [-0.2, -0.15) is 0 Å². The van der Waals surface area contributed by atoms with Gasteiger partial charge in [-0.3, -0.25) is 0 Å². The number of amides is 2. The Kier molecular flexibility index (Phi) is 11.8. The van der Waals surface area contributed by atoms with Crippen LogP contribution >= 0.6 is 0 Å². The van der Waals surface area contributed by atoms with Crippen LogP contribution in [0.5, 0.6) is 0 Å². The predicted molar refractivity (Wildman–Crippen MR) is 128 cm³/mol. The molecule has 2 rings (SSSR count). The monoisotopic (exact) mass is 456 g/mol. The maximum atomic E-state index is 11.4. The number of hydrogen-bond acceptors (Lipinski definition) is 6. The van der Waals surface area contributed by atoms with Gasteiger partial charge in [-0.25, -0.2) is 9.59 Å². The summed E-state index contributed by atoms with van der Waals surface area (Å²) in [6, 6.07) is 0.718. The van der Waals surface area contributed by atoms with Crippen molar-refractivity contribution in [2.24, 2.45) is 23.3 Å². The van der Waals surface area contributed by atoms with E-state index in [1.165, 1.54) is 0 Å². The van der Waals surface area contributed by atoms with Gasteiger partial charge in [0.2, 0.25) is 0 Å². The van der Waals surface area contributed by atoms with E-state index in [1.54, 1.807) is 0 Å². The van der Waals surface area contributed by atoms with E-state index in [9.17, 15) is 9.59 Å². The van der Waals surface area contributed by atoms with Crippen molar-refractivity contribution in [3.05, 3.63) is 0 Å². The minimum atomic E-state index is -0.418. The van der Waals surface area contributed by atoms with Crippen LogP contribution in [0.3, 0.4) is 0 Å². The number of nitrogens with one attached hydrogen (secondary N) is 2. The molecule has 0 unspecified atom stereocenters. The van der Waals surface area contributed by atoms with Gasteiger partial charge in [-0.1, -0.05) is 0 Å². The van der Waals surface area contributed by atoms with Gasteiger partial charge in [0.05, 0.1) is 0 Å². The lowest BCUT2D eigenvalue weighted by molar-refractivity contribution is 0.0503. The summed E-state index contributed by atoms with van der Waals surface area (Å²) in [5.41, 5.74) is 10.8. The van der Waals surface area contributed by atoms with Gasteiger partial charge < -0.3 is 31.6 Å². The van der Waals surface area contributed by atoms with Crippen LogP contribution < -0.4 is 22.1 Å². The topological polar surface area (TPSA) is 129 Å². The molecule has 2 saturated carbocycles. The quantitative estimate of drug-likeness (QED) is 0.505. The molecule has 8 heteroatoms. The second-order valence-corrected chi connectivity index (χ2v) is 11.3. The first kappa shape index (κ1) is 28.5. The standard InChI is InChI=1S/2C12H24N2O2/c2*1-12(2,3)16-11(15)14-8-9-4-6-10(13)7-5-9/h2*9-10H,4-8,13H2,1-3H3,(H,14,15). The molecule has 0 bridgehead atoms. The van der Waals surface area contributed by atoms with Crippen LogP contribution in [0.4, 0.5) is 9.59 Å². The maximum Gasteiger partial charge on any atom is 0.407 e. The number of nitrogens with two attached hydrogens (primary N) is 2. The van der Waals surface area contributed by atoms with Gasteiger partial charge in [0.15, 0.2) is 0 Å². The van der Waals surface area contributed by atoms with Crippen molar-refractivity contribution in [2.75, 3.05) is 13.1 Å². The molecule has 0 heterocycles. The zero-order valence-electron chi connectivity index (χ0n) is 21.2. The Labute approximate surface area is 194 Å². The number of rotatable bonds is 4. The Morgan fingerprint density at radius 2 is 0.938 bits per heavy atom. The van der Waals surface area contributed by atoms with Crippen LogP contribution in [-0.4, -0.2) is 48.6 Å². The highest BCUT2D eigenvalue weighted by Crippen LogP contribution is 2.23. The van der Waals surface area contributed by atoms with E-state index in [0.717, 1.165) is 51.4 Å². The lowest BCUT2D eigenvalue weighted by Crippen LogP contribution is -2.37. The first-order valence-corrected chi connectivity index (χ1v) is 12.2. The summed E-state index contributed by atoms with van der Waals surface area (Å²) >= 11 is 0. The summed E-state index contributed by atoms with van der Waals surface area (Å²) < 4.78 is 10.4. The van der Waals surface area contributed by atoms with Crippen LogP contribution in [-0.2, 0) is 9.47 Å². The molecule has 0 aliphatic heterocycles. The molecule has 0 aromatic carbocycles. The normalized spacial score (nSPS) is 26.2. The fourth-order valence-corrected chi connectivity index (χ4v) is 3.87. The third kappa shape index (κ3) is 14.5. The van der Waals surface area contributed by atoms with Crippen molar-refractivity contribution in [1.82, 2.24) is 10.6 Å². The van der Waals surface area contributed by atoms with Gasteiger partial charge >= 0.3 is 12.2 Å². The van der Waals surface area contributed by atoms with E-state index in [2.05, 4.69) is 10.6 Å². The molecule has 32 heavy (non-hydrogen) atoms. The largest absolute Gasteiger partial charge is 0.444 e. The van der Waals surface area contributed by atoms with Gasteiger partial charge in [0.25, 0.3) is 0 Å². The smallest absolute Gasteiger partial charge is 0.407 e.